The minimum Gasteiger partial charge on any atom is -0.326 e. The molecule has 1 atom stereocenters. The lowest BCUT2D eigenvalue weighted by Crippen LogP contribution is -2.24. The fourth-order valence-corrected chi connectivity index (χ4v) is 3.24. The van der Waals surface area contributed by atoms with Crippen LogP contribution in [0.25, 0.3) is 0 Å². The van der Waals surface area contributed by atoms with Gasteiger partial charge in [-0.1, -0.05) is 12.1 Å². The standard InChI is InChI=1S/C15H22N2O3S/c1-11(2)21(19,20)10-12-4-3-5-14(8-12)17-15(18)13-6-7-16-9-13/h3-5,8,11,13,16H,6-7,9-10H2,1-2H3,(H,17,18). The highest BCUT2D eigenvalue weighted by molar-refractivity contribution is 7.91. The molecule has 0 spiro atoms. The summed E-state index contributed by atoms with van der Waals surface area (Å²) in [5.74, 6) is -0.0174. The van der Waals surface area contributed by atoms with Gasteiger partial charge in [0.05, 0.1) is 16.9 Å². The monoisotopic (exact) mass is 310 g/mol. The molecule has 116 valence electrons. The van der Waals surface area contributed by atoms with E-state index in [1.54, 1.807) is 38.1 Å². The minimum atomic E-state index is -3.13. The normalized spacial score (nSPS) is 18.9. The third kappa shape index (κ3) is 4.28. The van der Waals surface area contributed by atoms with Gasteiger partial charge in [0.2, 0.25) is 5.91 Å². The van der Waals surface area contributed by atoms with Crippen molar-refractivity contribution in [3.8, 4) is 0 Å². The van der Waals surface area contributed by atoms with Crippen LogP contribution in [0.4, 0.5) is 5.69 Å². The van der Waals surface area contributed by atoms with E-state index in [-0.39, 0.29) is 17.6 Å². The van der Waals surface area contributed by atoms with Crippen molar-refractivity contribution in [3.05, 3.63) is 29.8 Å². The summed E-state index contributed by atoms with van der Waals surface area (Å²) in [7, 11) is -3.13. The van der Waals surface area contributed by atoms with E-state index in [1.165, 1.54) is 0 Å². The zero-order valence-electron chi connectivity index (χ0n) is 12.4. The largest absolute Gasteiger partial charge is 0.326 e. The molecule has 6 heteroatoms. The van der Waals surface area contributed by atoms with Crippen molar-refractivity contribution in [2.75, 3.05) is 18.4 Å². The van der Waals surface area contributed by atoms with Crippen LogP contribution in [0.15, 0.2) is 24.3 Å². The zero-order valence-corrected chi connectivity index (χ0v) is 13.2. The highest BCUT2D eigenvalue weighted by atomic mass is 32.2. The van der Waals surface area contributed by atoms with Crippen molar-refractivity contribution < 1.29 is 13.2 Å². The van der Waals surface area contributed by atoms with E-state index in [4.69, 9.17) is 0 Å². The Balaban J connectivity index is 2.05. The van der Waals surface area contributed by atoms with Gasteiger partial charge in [0.25, 0.3) is 0 Å². The van der Waals surface area contributed by atoms with Crippen molar-refractivity contribution in [3.63, 3.8) is 0 Å². The van der Waals surface area contributed by atoms with E-state index in [1.807, 2.05) is 0 Å². The molecule has 0 aliphatic carbocycles. The molecule has 1 heterocycles. The number of hydrogen-bond donors (Lipinski definition) is 2. The molecule has 2 N–H and O–H groups in total. The van der Waals surface area contributed by atoms with Crippen LogP contribution in [0.5, 0.6) is 0 Å². The van der Waals surface area contributed by atoms with Crippen molar-refractivity contribution in [2.24, 2.45) is 5.92 Å². The molecule has 1 aromatic carbocycles. The number of benzene rings is 1. The predicted molar refractivity (Wildman–Crippen MR) is 83.8 cm³/mol. The second-order valence-corrected chi connectivity index (χ2v) is 8.29. The zero-order chi connectivity index (χ0) is 15.5. The summed E-state index contributed by atoms with van der Waals surface area (Å²) in [5, 5.41) is 5.62. The number of carbonyl (C=O) groups is 1. The van der Waals surface area contributed by atoms with Crippen LogP contribution in [-0.2, 0) is 20.4 Å². The molecule has 2 rings (SSSR count). The maximum absolute atomic E-state index is 12.1. The van der Waals surface area contributed by atoms with Gasteiger partial charge in [-0.15, -0.1) is 0 Å². The maximum Gasteiger partial charge on any atom is 0.228 e. The Labute approximate surface area is 126 Å². The number of hydrogen-bond acceptors (Lipinski definition) is 4. The molecule has 1 aliphatic heterocycles. The Bertz CT molecular complexity index is 605. The highest BCUT2D eigenvalue weighted by Gasteiger charge is 2.22. The smallest absolute Gasteiger partial charge is 0.228 e. The number of amides is 1. The number of sulfone groups is 1. The summed E-state index contributed by atoms with van der Waals surface area (Å²) in [6.07, 6.45) is 0.841. The van der Waals surface area contributed by atoms with Crippen LogP contribution < -0.4 is 10.6 Å². The number of anilines is 1. The van der Waals surface area contributed by atoms with Gasteiger partial charge in [-0.2, -0.15) is 0 Å². The van der Waals surface area contributed by atoms with Crippen LogP contribution in [0.3, 0.4) is 0 Å². The molecule has 5 nitrogen and oxygen atoms in total. The molecular formula is C15H22N2O3S. The topological polar surface area (TPSA) is 75.3 Å². The third-order valence-corrected chi connectivity index (χ3v) is 5.88. The van der Waals surface area contributed by atoms with Gasteiger partial charge in [-0.05, 0) is 44.5 Å². The molecule has 1 aromatic rings. The first-order valence-corrected chi connectivity index (χ1v) is 8.92. The van der Waals surface area contributed by atoms with Gasteiger partial charge in [-0.3, -0.25) is 4.79 Å². The Morgan fingerprint density at radius 1 is 1.43 bits per heavy atom. The molecule has 1 amide bonds. The molecule has 0 saturated carbocycles. The first kappa shape index (κ1) is 16.0. The molecule has 0 aromatic heterocycles. The number of nitrogens with one attached hydrogen (secondary N) is 2. The molecule has 1 aliphatic rings. The maximum atomic E-state index is 12.1. The van der Waals surface area contributed by atoms with Gasteiger partial charge >= 0.3 is 0 Å². The van der Waals surface area contributed by atoms with Crippen LogP contribution in [-0.4, -0.2) is 32.7 Å². The lowest BCUT2D eigenvalue weighted by Gasteiger charge is -2.12. The highest BCUT2D eigenvalue weighted by Crippen LogP contribution is 2.17. The van der Waals surface area contributed by atoms with E-state index >= 15 is 0 Å². The molecule has 1 unspecified atom stereocenters. The fourth-order valence-electron chi connectivity index (χ4n) is 2.26. The SMILES string of the molecule is CC(C)S(=O)(=O)Cc1cccc(NC(=O)C2CCNC2)c1. The average molecular weight is 310 g/mol. The minimum absolute atomic E-state index is 0.000634. The van der Waals surface area contributed by atoms with Crippen molar-refractivity contribution in [1.82, 2.24) is 5.32 Å². The number of carbonyl (C=O) groups excluding carboxylic acids is 1. The summed E-state index contributed by atoms with van der Waals surface area (Å²) in [5.41, 5.74) is 1.36. The molecule has 1 saturated heterocycles. The van der Waals surface area contributed by atoms with Crippen LogP contribution in [0.2, 0.25) is 0 Å². The van der Waals surface area contributed by atoms with Crippen molar-refractivity contribution in [1.29, 1.82) is 0 Å². The van der Waals surface area contributed by atoms with E-state index in [0.29, 0.717) is 17.8 Å². The van der Waals surface area contributed by atoms with Gasteiger partial charge in [0.15, 0.2) is 9.84 Å². The Morgan fingerprint density at radius 2 is 2.19 bits per heavy atom. The molecule has 1 fully saturated rings. The lowest BCUT2D eigenvalue weighted by atomic mass is 10.1. The molecular weight excluding hydrogens is 288 g/mol. The van der Waals surface area contributed by atoms with Gasteiger partial charge in [0.1, 0.15) is 0 Å². The Kier molecular flexibility index (Phi) is 5.00. The average Bonchev–Trinajstić information content (AvgIpc) is 2.92. The first-order chi connectivity index (χ1) is 9.88. The summed E-state index contributed by atoms with van der Waals surface area (Å²) in [6, 6.07) is 7.06. The molecule has 21 heavy (non-hydrogen) atoms. The molecule has 0 radical (unpaired) electrons. The second-order valence-electron chi connectivity index (χ2n) is 5.74. The van der Waals surface area contributed by atoms with Crippen molar-refractivity contribution in [2.45, 2.75) is 31.3 Å². The number of rotatable bonds is 5. The predicted octanol–water partition coefficient (Wildman–Crippen LogP) is 1.56. The lowest BCUT2D eigenvalue weighted by molar-refractivity contribution is -0.119. The fraction of sp³-hybridized carbons (Fsp3) is 0.533. The summed E-state index contributed by atoms with van der Waals surface area (Å²) < 4.78 is 23.9. The van der Waals surface area contributed by atoms with E-state index in [9.17, 15) is 13.2 Å². The Hall–Kier alpha value is -1.40. The van der Waals surface area contributed by atoms with Crippen molar-refractivity contribution >= 4 is 21.4 Å². The van der Waals surface area contributed by atoms with Gasteiger partial charge < -0.3 is 10.6 Å². The van der Waals surface area contributed by atoms with E-state index in [0.717, 1.165) is 13.0 Å². The summed E-state index contributed by atoms with van der Waals surface area (Å²) >= 11 is 0. The molecule has 0 bridgehead atoms. The van der Waals surface area contributed by atoms with E-state index in [2.05, 4.69) is 10.6 Å². The van der Waals surface area contributed by atoms with Crippen LogP contribution in [0, 0.1) is 5.92 Å². The Morgan fingerprint density at radius 3 is 2.81 bits per heavy atom. The summed E-state index contributed by atoms with van der Waals surface area (Å²) in [4.78, 5) is 12.1. The van der Waals surface area contributed by atoms with Crippen LogP contribution >= 0.6 is 0 Å². The summed E-state index contributed by atoms with van der Waals surface area (Å²) in [6.45, 7) is 4.92. The first-order valence-electron chi connectivity index (χ1n) is 7.20. The van der Waals surface area contributed by atoms with E-state index < -0.39 is 15.1 Å². The third-order valence-electron chi connectivity index (χ3n) is 3.71. The van der Waals surface area contributed by atoms with Gasteiger partial charge in [-0.25, -0.2) is 8.42 Å². The van der Waals surface area contributed by atoms with Gasteiger partial charge in [0, 0.05) is 12.2 Å². The quantitative estimate of drug-likeness (QED) is 0.865. The van der Waals surface area contributed by atoms with Crippen LogP contribution in [0.1, 0.15) is 25.8 Å². The second kappa shape index (κ2) is 6.58.